The minimum Gasteiger partial charge on any atom is -0.465 e. The molecule has 0 saturated heterocycles. The number of rotatable bonds is 4. The largest absolute Gasteiger partial charge is 0.465 e. The molecule has 0 aliphatic heterocycles. The van der Waals surface area contributed by atoms with Crippen molar-refractivity contribution in [2.24, 2.45) is 0 Å². The lowest BCUT2D eigenvalue weighted by atomic mass is 10.0. The van der Waals surface area contributed by atoms with Crippen LogP contribution in [0.2, 0.25) is 5.02 Å². The number of fused-ring (bicyclic) bond motifs is 1. The van der Waals surface area contributed by atoms with Crippen LogP contribution in [-0.4, -0.2) is 19.0 Å². The fraction of sp³-hybridized carbons (Fsp3) is 0.0909. The van der Waals surface area contributed by atoms with E-state index in [0.29, 0.717) is 0 Å². The van der Waals surface area contributed by atoms with E-state index in [1.165, 1.54) is 13.2 Å². The Kier molecular flexibility index (Phi) is 5.57. The van der Waals surface area contributed by atoms with Crippen molar-refractivity contribution in [3.8, 4) is 0 Å². The Morgan fingerprint density at radius 2 is 1.74 bits per heavy atom. The summed E-state index contributed by atoms with van der Waals surface area (Å²) in [6.45, 7) is 1.86. The van der Waals surface area contributed by atoms with Gasteiger partial charge in [-0.15, -0.1) is 0 Å². The zero-order chi connectivity index (χ0) is 19.4. The Hall–Kier alpha value is -3.11. The molecule has 1 N–H and O–H groups in total. The Morgan fingerprint density at radius 1 is 1.00 bits per heavy atom. The minimum atomic E-state index is -0.567. The van der Waals surface area contributed by atoms with Gasteiger partial charge in [-0.25, -0.2) is 4.79 Å². The third-order valence-corrected chi connectivity index (χ3v) is 4.53. The molecule has 136 valence electrons. The molecule has 0 saturated carbocycles. The van der Waals surface area contributed by atoms with Crippen molar-refractivity contribution in [2.75, 3.05) is 12.4 Å². The van der Waals surface area contributed by atoms with E-state index in [1.54, 1.807) is 18.2 Å². The molecular formula is C22H18ClNO3. The zero-order valence-corrected chi connectivity index (χ0v) is 15.7. The summed E-state index contributed by atoms with van der Waals surface area (Å²) < 4.78 is 4.74. The summed E-state index contributed by atoms with van der Waals surface area (Å²) in [4.78, 5) is 24.4. The second-order valence-electron chi connectivity index (χ2n) is 6.03. The average Bonchev–Trinajstić information content (AvgIpc) is 2.68. The molecule has 0 aliphatic rings. The van der Waals surface area contributed by atoms with Gasteiger partial charge in [0, 0.05) is 6.08 Å². The van der Waals surface area contributed by atoms with E-state index in [9.17, 15) is 9.59 Å². The molecule has 0 atom stereocenters. The van der Waals surface area contributed by atoms with Crippen LogP contribution in [0.25, 0.3) is 16.3 Å². The first-order chi connectivity index (χ1) is 13.0. The lowest BCUT2D eigenvalue weighted by Crippen LogP contribution is -2.14. The molecule has 27 heavy (non-hydrogen) atoms. The maximum absolute atomic E-state index is 12.5. The number of allylic oxidation sites excluding steroid dienone is 1. The molecule has 0 aromatic heterocycles. The second-order valence-corrected chi connectivity index (χ2v) is 6.44. The number of carbonyl (C=O) groups is 2. The Labute approximate surface area is 162 Å². The van der Waals surface area contributed by atoms with E-state index in [4.69, 9.17) is 16.3 Å². The number of benzene rings is 3. The van der Waals surface area contributed by atoms with Gasteiger partial charge in [0.2, 0.25) is 5.91 Å². The van der Waals surface area contributed by atoms with Crippen LogP contribution < -0.4 is 5.32 Å². The molecule has 0 unspecified atom stereocenters. The van der Waals surface area contributed by atoms with E-state index in [0.717, 1.165) is 21.9 Å². The maximum atomic E-state index is 12.5. The third-order valence-electron chi connectivity index (χ3n) is 4.22. The van der Waals surface area contributed by atoms with Crippen LogP contribution in [-0.2, 0) is 9.53 Å². The highest BCUT2D eigenvalue weighted by Gasteiger charge is 2.16. The van der Waals surface area contributed by atoms with Crippen molar-refractivity contribution < 1.29 is 14.3 Å². The number of hydrogen-bond donors (Lipinski definition) is 1. The fourth-order valence-corrected chi connectivity index (χ4v) is 3.03. The van der Waals surface area contributed by atoms with Crippen LogP contribution in [0, 0.1) is 0 Å². The first kappa shape index (κ1) is 18.7. The lowest BCUT2D eigenvalue weighted by molar-refractivity contribution is -0.111. The van der Waals surface area contributed by atoms with Crippen LogP contribution in [0.15, 0.2) is 66.7 Å². The number of esters is 1. The molecule has 0 spiro atoms. The van der Waals surface area contributed by atoms with Crippen molar-refractivity contribution in [2.45, 2.75) is 6.92 Å². The summed E-state index contributed by atoms with van der Waals surface area (Å²) in [5.41, 5.74) is 2.18. The monoisotopic (exact) mass is 379 g/mol. The molecule has 1 amide bonds. The van der Waals surface area contributed by atoms with Crippen LogP contribution >= 0.6 is 11.6 Å². The summed E-state index contributed by atoms with van der Waals surface area (Å²) in [5, 5.41) is 5.19. The van der Waals surface area contributed by atoms with Gasteiger partial charge in [0.05, 0.1) is 23.4 Å². The molecule has 3 aromatic rings. The molecule has 5 heteroatoms. The average molecular weight is 380 g/mol. The smallest absolute Gasteiger partial charge is 0.340 e. The van der Waals surface area contributed by atoms with Crippen molar-refractivity contribution in [1.82, 2.24) is 0 Å². The first-order valence-corrected chi connectivity index (χ1v) is 8.72. The SMILES string of the molecule is COC(=O)c1cccc(Cl)c1NC(=O)/C=C(/C)c1ccc2ccccc2c1. The predicted octanol–water partition coefficient (Wildman–Crippen LogP) is 5.32. The van der Waals surface area contributed by atoms with Crippen molar-refractivity contribution in [3.63, 3.8) is 0 Å². The van der Waals surface area contributed by atoms with Gasteiger partial charge in [-0.1, -0.05) is 54.1 Å². The number of ether oxygens (including phenoxy) is 1. The van der Waals surface area contributed by atoms with Gasteiger partial charge in [0.15, 0.2) is 0 Å². The van der Waals surface area contributed by atoms with Gasteiger partial charge in [0.25, 0.3) is 0 Å². The number of nitrogens with one attached hydrogen (secondary N) is 1. The van der Waals surface area contributed by atoms with Crippen LogP contribution in [0.1, 0.15) is 22.8 Å². The summed E-state index contributed by atoms with van der Waals surface area (Å²) >= 11 is 6.15. The number of carbonyl (C=O) groups excluding carboxylic acids is 2. The molecular weight excluding hydrogens is 362 g/mol. The first-order valence-electron chi connectivity index (χ1n) is 8.35. The van der Waals surface area contributed by atoms with E-state index in [2.05, 4.69) is 5.32 Å². The minimum absolute atomic E-state index is 0.204. The lowest BCUT2D eigenvalue weighted by Gasteiger charge is -2.11. The normalized spacial score (nSPS) is 11.3. The van der Waals surface area contributed by atoms with Gasteiger partial charge < -0.3 is 10.1 Å². The Bertz CT molecular complexity index is 1060. The Balaban J connectivity index is 1.87. The molecule has 3 rings (SSSR count). The van der Waals surface area contributed by atoms with E-state index < -0.39 is 5.97 Å². The number of halogens is 1. The number of anilines is 1. The number of amides is 1. The van der Waals surface area contributed by atoms with E-state index in [1.807, 2.05) is 49.4 Å². The summed E-state index contributed by atoms with van der Waals surface area (Å²) in [5.74, 6) is -0.943. The number of para-hydroxylation sites is 1. The highest BCUT2D eigenvalue weighted by molar-refractivity contribution is 6.34. The fourth-order valence-electron chi connectivity index (χ4n) is 2.81. The molecule has 0 heterocycles. The van der Waals surface area contributed by atoms with Gasteiger partial charge in [-0.05, 0) is 47.0 Å². The maximum Gasteiger partial charge on any atom is 0.340 e. The van der Waals surface area contributed by atoms with Crippen molar-refractivity contribution >= 4 is 45.5 Å². The van der Waals surface area contributed by atoms with Crippen LogP contribution in [0.3, 0.4) is 0 Å². The van der Waals surface area contributed by atoms with Crippen LogP contribution in [0.4, 0.5) is 5.69 Å². The number of hydrogen-bond acceptors (Lipinski definition) is 3. The molecule has 3 aromatic carbocycles. The summed E-state index contributed by atoms with van der Waals surface area (Å²) in [7, 11) is 1.28. The molecule has 0 fully saturated rings. The van der Waals surface area contributed by atoms with Gasteiger partial charge in [-0.2, -0.15) is 0 Å². The highest BCUT2D eigenvalue weighted by Crippen LogP contribution is 2.27. The van der Waals surface area contributed by atoms with Crippen LogP contribution in [0.5, 0.6) is 0 Å². The van der Waals surface area contributed by atoms with Gasteiger partial charge >= 0.3 is 5.97 Å². The topological polar surface area (TPSA) is 55.4 Å². The molecule has 0 bridgehead atoms. The quantitative estimate of drug-likeness (QED) is 0.493. The summed E-state index contributed by atoms with van der Waals surface area (Å²) in [6, 6.07) is 18.8. The molecule has 4 nitrogen and oxygen atoms in total. The standard InChI is InChI=1S/C22H18ClNO3/c1-14(16-11-10-15-6-3-4-7-17(15)13-16)12-20(25)24-21-18(22(26)27-2)8-5-9-19(21)23/h3-13H,1-2H3,(H,24,25)/b14-12-. The third kappa shape index (κ3) is 4.18. The highest BCUT2D eigenvalue weighted by atomic mass is 35.5. The zero-order valence-electron chi connectivity index (χ0n) is 15.0. The van der Waals surface area contributed by atoms with Gasteiger partial charge in [0.1, 0.15) is 0 Å². The van der Waals surface area contributed by atoms with Gasteiger partial charge in [-0.3, -0.25) is 4.79 Å². The molecule has 0 aliphatic carbocycles. The van der Waals surface area contributed by atoms with Crippen molar-refractivity contribution in [3.05, 3.63) is 82.9 Å². The Morgan fingerprint density at radius 3 is 2.48 bits per heavy atom. The predicted molar refractivity (Wildman–Crippen MR) is 109 cm³/mol. The second kappa shape index (κ2) is 8.06. The van der Waals surface area contributed by atoms with E-state index >= 15 is 0 Å². The van der Waals surface area contributed by atoms with E-state index in [-0.39, 0.29) is 22.2 Å². The van der Waals surface area contributed by atoms with Crippen molar-refractivity contribution in [1.29, 1.82) is 0 Å². The molecule has 0 radical (unpaired) electrons. The number of methoxy groups -OCH3 is 1. The summed E-state index contributed by atoms with van der Waals surface area (Å²) in [6.07, 6.45) is 1.48.